The SMILES string of the molecule is O=C(O)CSCCCCSCCCCSCC(=O)O. The van der Waals surface area contributed by atoms with Crippen LogP contribution in [0.4, 0.5) is 0 Å². The number of aliphatic carboxylic acids is 2. The summed E-state index contributed by atoms with van der Waals surface area (Å²) < 4.78 is 0. The van der Waals surface area contributed by atoms with Crippen molar-refractivity contribution in [3.05, 3.63) is 0 Å². The predicted molar refractivity (Wildman–Crippen MR) is 85.7 cm³/mol. The summed E-state index contributed by atoms with van der Waals surface area (Å²) in [6, 6.07) is 0. The van der Waals surface area contributed by atoms with E-state index in [9.17, 15) is 9.59 Å². The Labute approximate surface area is 127 Å². The quantitative estimate of drug-likeness (QED) is 0.475. The maximum Gasteiger partial charge on any atom is 0.313 e. The van der Waals surface area contributed by atoms with E-state index < -0.39 is 11.9 Å². The lowest BCUT2D eigenvalue weighted by atomic mass is 10.4. The number of thioether (sulfide) groups is 3. The van der Waals surface area contributed by atoms with Gasteiger partial charge in [0.1, 0.15) is 0 Å². The maximum absolute atomic E-state index is 10.3. The first-order valence-electron chi connectivity index (χ1n) is 6.29. The Morgan fingerprint density at radius 2 is 0.947 bits per heavy atom. The molecule has 0 radical (unpaired) electrons. The normalized spacial score (nSPS) is 10.5. The predicted octanol–water partition coefficient (Wildman–Crippen LogP) is 2.92. The minimum absolute atomic E-state index is 0.209. The van der Waals surface area contributed by atoms with Crippen LogP contribution in [0, 0.1) is 0 Å². The summed E-state index contributed by atoms with van der Waals surface area (Å²) in [5.74, 6) is 3.08. The topological polar surface area (TPSA) is 74.6 Å². The van der Waals surface area contributed by atoms with Gasteiger partial charge < -0.3 is 10.2 Å². The van der Waals surface area contributed by atoms with E-state index in [1.165, 1.54) is 23.5 Å². The number of carboxylic acid groups (broad SMARTS) is 2. The summed E-state index contributed by atoms with van der Waals surface area (Å²) in [5, 5.41) is 16.9. The van der Waals surface area contributed by atoms with Crippen LogP contribution >= 0.6 is 35.3 Å². The van der Waals surface area contributed by atoms with E-state index in [1.807, 2.05) is 11.8 Å². The largest absolute Gasteiger partial charge is 0.481 e. The van der Waals surface area contributed by atoms with Crippen molar-refractivity contribution in [2.75, 3.05) is 34.5 Å². The summed E-state index contributed by atoms with van der Waals surface area (Å²) in [6.45, 7) is 0. The van der Waals surface area contributed by atoms with Crippen LogP contribution in [0.2, 0.25) is 0 Å². The third-order valence-electron chi connectivity index (χ3n) is 2.11. The fourth-order valence-electron chi connectivity index (χ4n) is 1.24. The number of carboxylic acids is 2. The Morgan fingerprint density at radius 1 is 0.632 bits per heavy atom. The van der Waals surface area contributed by atoms with Crippen molar-refractivity contribution in [3.8, 4) is 0 Å². The maximum atomic E-state index is 10.3. The standard InChI is InChI=1S/C12H22O4S3/c13-11(14)9-18-7-3-1-5-17-6-2-4-8-19-10-12(15)16/h1-10H2,(H,13,14)(H,15,16). The van der Waals surface area contributed by atoms with Crippen LogP contribution in [0.1, 0.15) is 25.7 Å². The average Bonchev–Trinajstić information content (AvgIpc) is 2.34. The smallest absolute Gasteiger partial charge is 0.313 e. The molecule has 0 aliphatic rings. The molecule has 0 atom stereocenters. The highest BCUT2D eigenvalue weighted by Gasteiger charge is 1.98. The first-order valence-corrected chi connectivity index (χ1v) is 9.76. The molecule has 0 spiro atoms. The minimum atomic E-state index is -0.736. The molecule has 0 amide bonds. The summed E-state index contributed by atoms with van der Waals surface area (Å²) in [4.78, 5) is 20.5. The second kappa shape index (κ2) is 14.4. The van der Waals surface area contributed by atoms with E-state index >= 15 is 0 Å². The molecule has 112 valence electrons. The molecular weight excluding hydrogens is 304 g/mol. The van der Waals surface area contributed by atoms with Crippen LogP contribution in [0.3, 0.4) is 0 Å². The van der Waals surface area contributed by atoms with Gasteiger partial charge in [0.2, 0.25) is 0 Å². The van der Waals surface area contributed by atoms with Crippen molar-refractivity contribution in [2.24, 2.45) is 0 Å². The third-order valence-corrected chi connectivity index (χ3v) is 5.32. The van der Waals surface area contributed by atoms with E-state index in [-0.39, 0.29) is 11.5 Å². The molecule has 0 fully saturated rings. The van der Waals surface area contributed by atoms with Gasteiger partial charge >= 0.3 is 11.9 Å². The monoisotopic (exact) mass is 326 g/mol. The summed E-state index contributed by atoms with van der Waals surface area (Å²) in [7, 11) is 0. The van der Waals surface area contributed by atoms with Gasteiger partial charge in [0.05, 0.1) is 11.5 Å². The molecule has 0 aromatic heterocycles. The van der Waals surface area contributed by atoms with Gasteiger partial charge in [-0.1, -0.05) is 0 Å². The van der Waals surface area contributed by atoms with Crippen molar-refractivity contribution in [1.82, 2.24) is 0 Å². The Bertz CT molecular complexity index is 225. The van der Waals surface area contributed by atoms with Crippen LogP contribution < -0.4 is 0 Å². The summed E-state index contributed by atoms with van der Waals surface area (Å²) in [6.07, 6.45) is 4.45. The molecule has 0 unspecified atom stereocenters. The van der Waals surface area contributed by atoms with E-state index in [4.69, 9.17) is 10.2 Å². The van der Waals surface area contributed by atoms with Crippen molar-refractivity contribution in [3.63, 3.8) is 0 Å². The van der Waals surface area contributed by atoms with Gasteiger partial charge in [-0.3, -0.25) is 9.59 Å². The van der Waals surface area contributed by atoms with Crippen LogP contribution in [0.25, 0.3) is 0 Å². The minimum Gasteiger partial charge on any atom is -0.481 e. The van der Waals surface area contributed by atoms with Crippen molar-refractivity contribution >= 4 is 47.2 Å². The zero-order valence-corrected chi connectivity index (χ0v) is 13.5. The van der Waals surface area contributed by atoms with Gasteiger partial charge in [0, 0.05) is 0 Å². The fraction of sp³-hybridized carbons (Fsp3) is 0.833. The lowest BCUT2D eigenvalue weighted by molar-refractivity contribution is -0.134. The summed E-state index contributed by atoms with van der Waals surface area (Å²) in [5.41, 5.74) is 0. The Morgan fingerprint density at radius 3 is 1.26 bits per heavy atom. The molecule has 0 saturated carbocycles. The Hall–Kier alpha value is -0.0100. The number of rotatable bonds is 14. The number of hydrogen-bond donors (Lipinski definition) is 2. The van der Waals surface area contributed by atoms with E-state index in [1.54, 1.807) is 0 Å². The molecule has 2 N–H and O–H groups in total. The highest BCUT2D eigenvalue weighted by molar-refractivity contribution is 8.00. The molecule has 4 nitrogen and oxygen atoms in total. The molecule has 0 rings (SSSR count). The number of hydrogen-bond acceptors (Lipinski definition) is 5. The lowest BCUT2D eigenvalue weighted by Gasteiger charge is -2.02. The van der Waals surface area contributed by atoms with Gasteiger partial charge in [-0.25, -0.2) is 0 Å². The van der Waals surface area contributed by atoms with Gasteiger partial charge in [0.15, 0.2) is 0 Å². The Balaban J connectivity index is 2.99. The van der Waals surface area contributed by atoms with Crippen molar-refractivity contribution in [2.45, 2.75) is 25.7 Å². The third kappa shape index (κ3) is 18.0. The zero-order valence-electron chi connectivity index (χ0n) is 11.0. The molecule has 0 aromatic rings. The van der Waals surface area contributed by atoms with E-state index in [2.05, 4.69) is 0 Å². The molecule has 0 aromatic carbocycles. The van der Waals surface area contributed by atoms with Crippen molar-refractivity contribution < 1.29 is 19.8 Å². The fourth-order valence-corrected chi connectivity index (χ4v) is 3.71. The highest BCUT2D eigenvalue weighted by atomic mass is 32.2. The van der Waals surface area contributed by atoms with Crippen LogP contribution in [-0.2, 0) is 9.59 Å². The number of carbonyl (C=O) groups is 2. The molecule has 0 heterocycles. The van der Waals surface area contributed by atoms with Gasteiger partial charge in [0.25, 0.3) is 0 Å². The molecule has 0 saturated heterocycles. The first kappa shape index (κ1) is 19.0. The number of unbranched alkanes of at least 4 members (excludes halogenated alkanes) is 2. The Kier molecular flexibility index (Phi) is 14.4. The second-order valence-electron chi connectivity index (χ2n) is 3.92. The second-order valence-corrected chi connectivity index (χ2v) is 7.35. The lowest BCUT2D eigenvalue weighted by Crippen LogP contribution is -1.99. The zero-order chi connectivity index (χ0) is 14.3. The highest BCUT2D eigenvalue weighted by Crippen LogP contribution is 2.12. The van der Waals surface area contributed by atoms with Crippen LogP contribution in [0.5, 0.6) is 0 Å². The molecular formula is C12H22O4S3. The summed E-state index contributed by atoms with van der Waals surface area (Å²) >= 11 is 4.89. The van der Waals surface area contributed by atoms with Gasteiger partial charge in [-0.2, -0.15) is 35.3 Å². The van der Waals surface area contributed by atoms with E-state index in [0.717, 1.165) is 48.7 Å². The molecule has 7 heteroatoms. The van der Waals surface area contributed by atoms with E-state index in [0.29, 0.717) is 0 Å². The first-order chi connectivity index (χ1) is 9.13. The van der Waals surface area contributed by atoms with Gasteiger partial charge in [-0.05, 0) is 48.7 Å². The molecule has 19 heavy (non-hydrogen) atoms. The van der Waals surface area contributed by atoms with Gasteiger partial charge in [-0.15, -0.1) is 0 Å². The average molecular weight is 327 g/mol. The van der Waals surface area contributed by atoms with Crippen molar-refractivity contribution in [1.29, 1.82) is 0 Å². The molecule has 0 bridgehead atoms. The molecule has 0 aliphatic heterocycles. The molecule has 0 aliphatic carbocycles. The van der Waals surface area contributed by atoms with Crippen LogP contribution in [-0.4, -0.2) is 56.7 Å². The van der Waals surface area contributed by atoms with Crippen LogP contribution in [0.15, 0.2) is 0 Å².